The van der Waals surface area contributed by atoms with Crippen LogP contribution in [0.25, 0.3) is 0 Å². The highest BCUT2D eigenvalue weighted by Crippen LogP contribution is 2.44. The molecule has 0 aromatic heterocycles. The van der Waals surface area contributed by atoms with Crippen LogP contribution in [0.4, 0.5) is 4.79 Å². The third-order valence-electron chi connectivity index (χ3n) is 2.01. The Labute approximate surface area is 120 Å². The molecule has 8 heteroatoms. The Morgan fingerprint density at radius 3 is 2.15 bits per heavy atom. The zero-order valence-corrected chi connectivity index (χ0v) is 13.6. The van der Waals surface area contributed by atoms with E-state index in [1.165, 1.54) is 6.66 Å². The first-order valence-electron chi connectivity index (χ1n) is 6.54. The van der Waals surface area contributed by atoms with E-state index in [4.69, 9.17) is 14.0 Å². The average Bonchev–Trinajstić information content (AvgIpc) is 2.26. The standard InChI is InChI=1S/C12H24NO6P/c1-6-17-11(14)8-13(12(15)18-7-2)9-20(5,16)19-10(3)4/h10H,6-9H2,1-5H3. The van der Waals surface area contributed by atoms with E-state index in [9.17, 15) is 14.2 Å². The van der Waals surface area contributed by atoms with Crippen LogP contribution in [0.15, 0.2) is 0 Å². The lowest BCUT2D eigenvalue weighted by atomic mass is 10.5. The van der Waals surface area contributed by atoms with E-state index in [1.54, 1.807) is 27.7 Å². The maximum absolute atomic E-state index is 12.3. The Morgan fingerprint density at radius 2 is 1.70 bits per heavy atom. The Kier molecular flexibility index (Phi) is 8.49. The fourth-order valence-electron chi connectivity index (χ4n) is 1.54. The summed E-state index contributed by atoms with van der Waals surface area (Å²) in [4.78, 5) is 24.3. The van der Waals surface area contributed by atoms with Crippen molar-refractivity contribution in [2.75, 3.05) is 32.7 Å². The van der Waals surface area contributed by atoms with Gasteiger partial charge < -0.3 is 14.0 Å². The number of carbonyl (C=O) groups excluding carboxylic acids is 2. The first-order valence-corrected chi connectivity index (χ1v) is 8.79. The van der Waals surface area contributed by atoms with E-state index in [0.717, 1.165) is 4.90 Å². The van der Waals surface area contributed by atoms with Crippen molar-refractivity contribution >= 4 is 19.4 Å². The van der Waals surface area contributed by atoms with Gasteiger partial charge in [0.05, 0.1) is 19.3 Å². The smallest absolute Gasteiger partial charge is 0.410 e. The number of rotatable bonds is 8. The van der Waals surface area contributed by atoms with Crippen LogP contribution >= 0.6 is 7.37 Å². The van der Waals surface area contributed by atoms with E-state index in [2.05, 4.69) is 0 Å². The van der Waals surface area contributed by atoms with Gasteiger partial charge in [0.2, 0.25) is 7.37 Å². The van der Waals surface area contributed by atoms with Crippen LogP contribution in [-0.4, -0.2) is 55.8 Å². The largest absolute Gasteiger partial charge is 0.465 e. The molecule has 0 aliphatic carbocycles. The van der Waals surface area contributed by atoms with Gasteiger partial charge in [0, 0.05) is 6.66 Å². The van der Waals surface area contributed by atoms with E-state index in [1.807, 2.05) is 0 Å². The molecule has 0 saturated carbocycles. The van der Waals surface area contributed by atoms with E-state index in [0.29, 0.717) is 0 Å². The topological polar surface area (TPSA) is 82.1 Å². The molecule has 0 spiro atoms. The molecule has 0 aromatic carbocycles. The normalized spacial score (nSPS) is 13.7. The fourth-order valence-corrected chi connectivity index (χ4v) is 3.33. The third-order valence-corrected chi connectivity index (χ3v) is 3.74. The molecule has 0 bridgehead atoms. The first-order chi connectivity index (χ1) is 9.21. The Bertz CT molecular complexity index is 371. The second-order valence-corrected chi connectivity index (χ2v) is 7.03. The lowest BCUT2D eigenvalue weighted by molar-refractivity contribution is -0.143. The maximum Gasteiger partial charge on any atom is 0.410 e. The number of hydrogen-bond acceptors (Lipinski definition) is 6. The fraction of sp³-hybridized carbons (Fsp3) is 0.833. The molecule has 0 rings (SSSR count). The summed E-state index contributed by atoms with van der Waals surface area (Å²) in [5.74, 6) is -0.579. The molecule has 0 aliphatic rings. The van der Waals surface area contributed by atoms with Gasteiger partial charge in [-0.3, -0.25) is 14.3 Å². The van der Waals surface area contributed by atoms with Crippen molar-refractivity contribution in [2.45, 2.75) is 33.8 Å². The van der Waals surface area contributed by atoms with Gasteiger partial charge in [-0.1, -0.05) is 0 Å². The molecule has 20 heavy (non-hydrogen) atoms. The van der Waals surface area contributed by atoms with Gasteiger partial charge in [-0.25, -0.2) is 4.79 Å². The highest BCUT2D eigenvalue weighted by atomic mass is 31.2. The van der Waals surface area contributed by atoms with Crippen molar-refractivity contribution in [3.05, 3.63) is 0 Å². The number of ether oxygens (including phenoxy) is 2. The molecule has 0 N–H and O–H groups in total. The number of amides is 1. The molecular weight excluding hydrogens is 285 g/mol. The van der Waals surface area contributed by atoms with Crippen LogP contribution in [-0.2, 0) is 23.4 Å². The summed E-state index contributed by atoms with van der Waals surface area (Å²) in [6, 6.07) is 0. The van der Waals surface area contributed by atoms with Gasteiger partial charge in [-0.05, 0) is 27.7 Å². The van der Waals surface area contributed by atoms with Crippen LogP contribution < -0.4 is 0 Å². The lowest BCUT2D eigenvalue weighted by Gasteiger charge is -2.25. The molecule has 118 valence electrons. The molecular formula is C12H24NO6P. The Morgan fingerprint density at radius 1 is 1.15 bits per heavy atom. The summed E-state index contributed by atoms with van der Waals surface area (Å²) in [6.45, 7) is 8.29. The van der Waals surface area contributed by atoms with E-state index >= 15 is 0 Å². The summed E-state index contributed by atoms with van der Waals surface area (Å²) >= 11 is 0. The van der Waals surface area contributed by atoms with Crippen molar-refractivity contribution in [3.63, 3.8) is 0 Å². The first kappa shape index (κ1) is 18.9. The van der Waals surface area contributed by atoms with Gasteiger partial charge >= 0.3 is 12.1 Å². The van der Waals surface area contributed by atoms with Gasteiger partial charge in [0.1, 0.15) is 12.8 Å². The van der Waals surface area contributed by atoms with Crippen LogP contribution in [0.1, 0.15) is 27.7 Å². The second kappa shape index (κ2) is 8.97. The van der Waals surface area contributed by atoms with E-state index < -0.39 is 19.4 Å². The van der Waals surface area contributed by atoms with Crippen LogP contribution in [0.3, 0.4) is 0 Å². The number of hydrogen-bond donors (Lipinski definition) is 0. The zero-order valence-electron chi connectivity index (χ0n) is 12.7. The summed E-state index contributed by atoms with van der Waals surface area (Å²) in [5, 5.41) is 0. The predicted octanol–water partition coefficient (Wildman–Crippen LogP) is 2.30. The Hall–Kier alpha value is -1.07. The monoisotopic (exact) mass is 309 g/mol. The van der Waals surface area contributed by atoms with Gasteiger partial charge in [-0.2, -0.15) is 0 Å². The molecule has 0 heterocycles. The van der Waals surface area contributed by atoms with Crippen LogP contribution in [0, 0.1) is 0 Å². The molecule has 0 saturated heterocycles. The average molecular weight is 309 g/mol. The molecule has 0 aromatic rings. The minimum Gasteiger partial charge on any atom is -0.465 e. The van der Waals surface area contributed by atoms with Crippen LogP contribution in [0.5, 0.6) is 0 Å². The highest BCUT2D eigenvalue weighted by Gasteiger charge is 2.28. The summed E-state index contributed by atoms with van der Waals surface area (Å²) < 4.78 is 27.2. The molecule has 1 unspecified atom stereocenters. The Balaban J connectivity index is 4.80. The number of nitrogens with zero attached hydrogens (tertiary/aromatic N) is 1. The van der Waals surface area contributed by atoms with Gasteiger partial charge in [-0.15, -0.1) is 0 Å². The van der Waals surface area contributed by atoms with Crippen molar-refractivity contribution in [1.82, 2.24) is 4.90 Å². The van der Waals surface area contributed by atoms with Crippen molar-refractivity contribution in [1.29, 1.82) is 0 Å². The summed E-state index contributed by atoms with van der Waals surface area (Å²) in [5.41, 5.74) is 0. The minimum absolute atomic E-state index is 0.164. The number of carbonyl (C=O) groups is 2. The predicted molar refractivity (Wildman–Crippen MR) is 75.0 cm³/mol. The van der Waals surface area contributed by atoms with E-state index in [-0.39, 0.29) is 32.1 Å². The van der Waals surface area contributed by atoms with Crippen molar-refractivity contribution in [3.8, 4) is 0 Å². The van der Waals surface area contributed by atoms with Gasteiger partial charge in [0.25, 0.3) is 0 Å². The third kappa shape index (κ3) is 8.17. The number of esters is 1. The second-order valence-electron chi connectivity index (χ2n) is 4.51. The molecule has 1 amide bonds. The molecule has 0 aliphatic heterocycles. The maximum atomic E-state index is 12.3. The lowest BCUT2D eigenvalue weighted by Crippen LogP contribution is -2.38. The zero-order chi connectivity index (χ0) is 15.8. The molecule has 7 nitrogen and oxygen atoms in total. The summed E-state index contributed by atoms with van der Waals surface area (Å²) in [7, 11) is -3.04. The molecule has 0 fully saturated rings. The highest BCUT2D eigenvalue weighted by molar-refractivity contribution is 7.58. The molecule has 0 radical (unpaired) electrons. The minimum atomic E-state index is -3.04. The van der Waals surface area contributed by atoms with Crippen molar-refractivity contribution in [2.24, 2.45) is 0 Å². The van der Waals surface area contributed by atoms with Crippen LogP contribution in [0.2, 0.25) is 0 Å². The SMILES string of the molecule is CCOC(=O)CN(CP(C)(=O)OC(C)C)C(=O)OCC. The summed E-state index contributed by atoms with van der Waals surface area (Å²) in [6.07, 6.45) is -1.14. The van der Waals surface area contributed by atoms with Gasteiger partial charge in [0.15, 0.2) is 0 Å². The van der Waals surface area contributed by atoms with Crippen molar-refractivity contribution < 1.29 is 28.2 Å². The molecule has 1 atom stereocenters. The quantitative estimate of drug-likeness (QED) is 0.505.